The summed E-state index contributed by atoms with van der Waals surface area (Å²) in [7, 11) is 1.99. The molecule has 1 amide bonds. The average molecular weight is 348 g/mol. The molecule has 2 heterocycles. The third-order valence-electron chi connectivity index (χ3n) is 4.75. The molecule has 0 fully saturated rings. The lowest BCUT2D eigenvalue weighted by Gasteiger charge is -2.14. The molecule has 0 bridgehead atoms. The molecule has 3 N–H and O–H groups in total. The van der Waals surface area contributed by atoms with Gasteiger partial charge in [-0.05, 0) is 36.2 Å². The Balaban J connectivity index is 1.52. The van der Waals surface area contributed by atoms with E-state index in [2.05, 4.69) is 15.3 Å². The van der Waals surface area contributed by atoms with Crippen LogP contribution in [0.2, 0.25) is 0 Å². The van der Waals surface area contributed by atoms with Crippen molar-refractivity contribution in [1.82, 2.24) is 19.9 Å². The fourth-order valence-electron chi connectivity index (χ4n) is 3.43. The fourth-order valence-corrected chi connectivity index (χ4v) is 3.43. The molecular weight excluding hydrogens is 328 g/mol. The predicted molar refractivity (Wildman–Crippen MR) is 102 cm³/mol. The van der Waals surface area contributed by atoms with E-state index in [9.17, 15) is 9.59 Å². The van der Waals surface area contributed by atoms with Crippen molar-refractivity contribution in [3.63, 3.8) is 0 Å². The number of nitrogens with one attached hydrogen (secondary N) is 3. The molecule has 0 aliphatic rings. The lowest BCUT2D eigenvalue weighted by Crippen LogP contribution is -2.28. The molecular formula is C20H20N4O2. The third-order valence-corrected chi connectivity index (χ3v) is 4.75. The number of carbonyl (C=O) groups is 1. The number of benzene rings is 2. The zero-order valence-electron chi connectivity index (χ0n) is 14.7. The van der Waals surface area contributed by atoms with E-state index in [1.54, 1.807) is 0 Å². The Hall–Kier alpha value is -3.28. The number of aromatic nitrogens is 3. The number of aryl methyl sites for hydroxylation is 1. The zero-order chi connectivity index (χ0) is 18.3. The number of fused-ring (bicyclic) bond motifs is 2. The standard InChI is InChI=1S/C20H20N4O2/c1-12(13-7-8-16-17(9-13)23-20(26)22-16)21-19(25)10-14-11-24(2)18-6-4-3-5-15(14)18/h3-9,11-12H,10H2,1-2H3,(H,21,25)(H2,22,23,26). The predicted octanol–water partition coefficient (Wildman–Crippen LogP) is 2.77. The Morgan fingerprint density at radius 3 is 2.77 bits per heavy atom. The van der Waals surface area contributed by atoms with E-state index in [1.165, 1.54) is 0 Å². The Labute approximate surface area is 149 Å². The first-order valence-electron chi connectivity index (χ1n) is 8.55. The first-order valence-corrected chi connectivity index (χ1v) is 8.55. The van der Waals surface area contributed by atoms with Crippen molar-refractivity contribution in [3.05, 3.63) is 70.3 Å². The van der Waals surface area contributed by atoms with Crippen LogP contribution in [-0.2, 0) is 18.3 Å². The molecule has 4 rings (SSSR count). The molecule has 0 saturated heterocycles. The highest BCUT2D eigenvalue weighted by molar-refractivity contribution is 5.89. The molecule has 26 heavy (non-hydrogen) atoms. The van der Waals surface area contributed by atoms with Gasteiger partial charge >= 0.3 is 5.69 Å². The molecule has 6 nitrogen and oxygen atoms in total. The van der Waals surface area contributed by atoms with Crippen LogP contribution in [0.3, 0.4) is 0 Å². The van der Waals surface area contributed by atoms with E-state index in [0.29, 0.717) is 6.42 Å². The van der Waals surface area contributed by atoms with Crippen LogP contribution in [0.1, 0.15) is 24.1 Å². The van der Waals surface area contributed by atoms with Crippen LogP contribution in [0.5, 0.6) is 0 Å². The summed E-state index contributed by atoms with van der Waals surface area (Å²) in [6.45, 7) is 1.94. The fraction of sp³-hybridized carbons (Fsp3) is 0.200. The summed E-state index contributed by atoms with van der Waals surface area (Å²) < 4.78 is 2.04. The van der Waals surface area contributed by atoms with Crippen molar-refractivity contribution in [3.8, 4) is 0 Å². The van der Waals surface area contributed by atoms with Crippen molar-refractivity contribution in [1.29, 1.82) is 0 Å². The van der Waals surface area contributed by atoms with Gasteiger partial charge in [-0.1, -0.05) is 24.3 Å². The quantitative estimate of drug-likeness (QED) is 0.530. The highest BCUT2D eigenvalue weighted by Crippen LogP contribution is 2.21. The monoisotopic (exact) mass is 348 g/mol. The first-order chi connectivity index (χ1) is 12.5. The number of imidazole rings is 1. The number of amides is 1. The second kappa shape index (κ2) is 6.22. The summed E-state index contributed by atoms with van der Waals surface area (Å²) in [6, 6.07) is 13.6. The van der Waals surface area contributed by atoms with Gasteiger partial charge in [0.05, 0.1) is 23.5 Å². The molecule has 0 radical (unpaired) electrons. The number of hydrogen-bond acceptors (Lipinski definition) is 2. The molecule has 1 unspecified atom stereocenters. The van der Waals surface area contributed by atoms with Crippen molar-refractivity contribution < 1.29 is 4.79 Å². The lowest BCUT2D eigenvalue weighted by molar-refractivity contribution is -0.121. The molecule has 2 aromatic carbocycles. The molecule has 0 saturated carbocycles. The van der Waals surface area contributed by atoms with E-state index in [0.717, 1.165) is 33.1 Å². The third kappa shape index (κ3) is 2.90. The summed E-state index contributed by atoms with van der Waals surface area (Å²) in [5, 5.41) is 4.14. The maximum atomic E-state index is 12.5. The van der Waals surface area contributed by atoms with Gasteiger partial charge in [0.25, 0.3) is 0 Å². The van der Waals surface area contributed by atoms with Crippen LogP contribution in [-0.4, -0.2) is 20.4 Å². The normalized spacial score (nSPS) is 12.5. The van der Waals surface area contributed by atoms with Crippen molar-refractivity contribution in [2.75, 3.05) is 0 Å². The number of rotatable bonds is 4. The van der Waals surface area contributed by atoms with Gasteiger partial charge in [0.1, 0.15) is 0 Å². The van der Waals surface area contributed by atoms with E-state index >= 15 is 0 Å². The highest BCUT2D eigenvalue weighted by atomic mass is 16.1. The number of hydrogen-bond donors (Lipinski definition) is 3. The minimum atomic E-state index is -0.232. The van der Waals surface area contributed by atoms with Crippen LogP contribution in [0.15, 0.2) is 53.5 Å². The van der Waals surface area contributed by atoms with Crippen molar-refractivity contribution in [2.45, 2.75) is 19.4 Å². The molecule has 0 aliphatic carbocycles. The topological polar surface area (TPSA) is 82.7 Å². The Bertz CT molecular complexity index is 1170. The van der Waals surface area contributed by atoms with Crippen LogP contribution in [0.4, 0.5) is 0 Å². The van der Waals surface area contributed by atoms with E-state index in [1.807, 2.05) is 67.2 Å². The molecule has 0 aliphatic heterocycles. The van der Waals surface area contributed by atoms with Gasteiger partial charge in [0, 0.05) is 24.1 Å². The number of para-hydroxylation sites is 1. The zero-order valence-corrected chi connectivity index (χ0v) is 14.7. The minimum absolute atomic E-state index is 0.0310. The SMILES string of the molecule is CC(NC(=O)Cc1cn(C)c2ccccc12)c1ccc2[nH]c(=O)[nH]c2c1. The van der Waals surface area contributed by atoms with E-state index in [-0.39, 0.29) is 17.6 Å². The smallest absolute Gasteiger partial charge is 0.323 e. The molecule has 6 heteroatoms. The summed E-state index contributed by atoms with van der Waals surface area (Å²) >= 11 is 0. The number of H-pyrrole nitrogens is 2. The minimum Gasteiger partial charge on any atom is -0.350 e. The second-order valence-electron chi connectivity index (χ2n) is 6.63. The van der Waals surface area contributed by atoms with Crippen LogP contribution >= 0.6 is 0 Å². The van der Waals surface area contributed by atoms with Gasteiger partial charge in [-0.25, -0.2) is 4.79 Å². The molecule has 4 aromatic rings. The lowest BCUT2D eigenvalue weighted by atomic mass is 10.1. The molecule has 0 spiro atoms. The van der Waals surface area contributed by atoms with E-state index < -0.39 is 0 Å². The number of aromatic amines is 2. The van der Waals surface area contributed by atoms with Crippen LogP contribution in [0.25, 0.3) is 21.9 Å². The Morgan fingerprint density at radius 2 is 1.92 bits per heavy atom. The first kappa shape index (κ1) is 16.2. The Morgan fingerprint density at radius 1 is 1.15 bits per heavy atom. The summed E-state index contributed by atoms with van der Waals surface area (Å²) in [5.41, 5.74) is 4.34. The second-order valence-corrected chi connectivity index (χ2v) is 6.63. The van der Waals surface area contributed by atoms with Crippen LogP contribution in [0, 0.1) is 0 Å². The average Bonchev–Trinajstić information content (AvgIpc) is 3.13. The Kier molecular flexibility index (Phi) is 3.88. The van der Waals surface area contributed by atoms with Crippen LogP contribution < -0.4 is 11.0 Å². The van der Waals surface area contributed by atoms with Gasteiger partial charge < -0.3 is 19.9 Å². The van der Waals surface area contributed by atoms with E-state index in [4.69, 9.17) is 0 Å². The van der Waals surface area contributed by atoms with Gasteiger partial charge in [0.2, 0.25) is 5.91 Å². The number of carbonyl (C=O) groups excluding carboxylic acids is 1. The maximum Gasteiger partial charge on any atom is 0.323 e. The van der Waals surface area contributed by atoms with Gasteiger partial charge in [-0.3, -0.25) is 4.79 Å². The van der Waals surface area contributed by atoms with Crippen molar-refractivity contribution in [2.24, 2.45) is 7.05 Å². The molecule has 2 aromatic heterocycles. The number of nitrogens with zero attached hydrogens (tertiary/aromatic N) is 1. The summed E-state index contributed by atoms with van der Waals surface area (Å²) in [5.74, 6) is -0.0310. The summed E-state index contributed by atoms with van der Waals surface area (Å²) in [6.07, 6.45) is 2.33. The molecule has 132 valence electrons. The van der Waals surface area contributed by atoms with Gasteiger partial charge in [-0.2, -0.15) is 0 Å². The van der Waals surface area contributed by atoms with Gasteiger partial charge in [-0.15, -0.1) is 0 Å². The van der Waals surface area contributed by atoms with Gasteiger partial charge in [0.15, 0.2) is 0 Å². The maximum absolute atomic E-state index is 12.5. The molecule has 1 atom stereocenters. The van der Waals surface area contributed by atoms with Crippen molar-refractivity contribution >= 4 is 27.8 Å². The highest BCUT2D eigenvalue weighted by Gasteiger charge is 2.14. The largest absolute Gasteiger partial charge is 0.350 e. The summed E-state index contributed by atoms with van der Waals surface area (Å²) in [4.78, 5) is 29.4.